The highest BCUT2D eigenvalue weighted by Crippen LogP contribution is 2.24. The predicted octanol–water partition coefficient (Wildman–Crippen LogP) is 2.69. The number of methoxy groups -OCH3 is 1. The van der Waals surface area contributed by atoms with Crippen LogP contribution in [0.3, 0.4) is 0 Å². The zero-order chi connectivity index (χ0) is 23.8. The fourth-order valence-corrected chi connectivity index (χ4v) is 4.21. The zero-order valence-electron chi connectivity index (χ0n) is 18.3. The van der Waals surface area contributed by atoms with Crippen LogP contribution >= 0.6 is 0 Å². The smallest absolute Gasteiger partial charge is 0.264 e. The van der Waals surface area contributed by atoms with Gasteiger partial charge in [-0.25, -0.2) is 8.42 Å². The van der Waals surface area contributed by atoms with Crippen LogP contribution in [0.1, 0.15) is 10.4 Å². The summed E-state index contributed by atoms with van der Waals surface area (Å²) in [5.41, 5.74) is 0.613. The van der Waals surface area contributed by atoms with Gasteiger partial charge in [-0.3, -0.25) is 9.10 Å². The number of sulfonamides is 1. The number of hydrogen-bond acceptors (Lipinski definition) is 6. The number of hydrogen-bond donors (Lipinski definition) is 2. The summed E-state index contributed by atoms with van der Waals surface area (Å²) in [6.45, 7) is -0.0419. The molecule has 0 saturated carbocycles. The third-order valence-electron chi connectivity index (χ3n) is 4.87. The monoisotopic (exact) mass is 470 g/mol. The van der Waals surface area contributed by atoms with Crippen molar-refractivity contribution in [1.29, 1.82) is 0 Å². The molecule has 3 aromatic carbocycles. The summed E-state index contributed by atoms with van der Waals surface area (Å²) in [5.74, 6) is 0.722. The van der Waals surface area contributed by atoms with Crippen LogP contribution < -0.4 is 19.1 Å². The van der Waals surface area contributed by atoms with Crippen molar-refractivity contribution >= 4 is 21.6 Å². The Morgan fingerprint density at radius 3 is 2.36 bits per heavy atom. The Hall–Kier alpha value is -3.56. The minimum atomic E-state index is -3.90. The van der Waals surface area contributed by atoms with Gasteiger partial charge in [-0.05, 0) is 54.6 Å². The first-order chi connectivity index (χ1) is 15.8. The van der Waals surface area contributed by atoms with Gasteiger partial charge in [-0.2, -0.15) is 0 Å². The first kappa shape index (κ1) is 24.1. The van der Waals surface area contributed by atoms with Gasteiger partial charge in [0.1, 0.15) is 24.2 Å². The number of amides is 1. The Bertz CT molecular complexity index is 1170. The van der Waals surface area contributed by atoms with Crippen molar-refractivity contribution in [2.75, 3.05) is 31.6 Å². The van der Waals surface area contributed by atoms with Gasteiger partial charge < -0.3 is 19.9 Å². The second-order valence-electron chi connectivity index (χ2n) is 7.19. The van der Waals surface area contributed by atoms with E-state index in [-0.39, 0.29) is 23.6 Å². The third-order valence-corrected chi connectivity index (χ3v) is 6.66. The molecule has 0 heterocycles. The van der Waals surface area contributed by atoms with E-state index in [4.69, 9.17) is 9.47 Å². The average molecular weight is 471 g/mol. The van der Waals surface area contributed by atoms with Crippen molar-refractivity contribution < 1.29 is 27.8 Å². The summed E-state index contributed by atoms with van der Waals surface area (Å²) < 4.78 is 37.8. The van der Waals surface area contributed by atoms with Crippen LogP contribution in [0.15, 0.2) is 83.8 Å². The first-order valence-electron chi connectivity index (χ1n) is 10.2. The summed E-state index contributed by atoms with van der Waals surface area (Å²) in [5, 5.41) is 12.7. The van der Waals surface area contributed by atoms with E-state index in [0.717, 1.165) is 4.31 Å². The predicted molar refractivity (Wildman–Crippen MR) is 125 cm³/mol. The summed E-state index contributed by atoms with van der Waals surface area (Å²) in [6, 6.07) is 21.3. The van der Waals surface area contributed by atoms with E-state index in [0.29, 0.717) is 17.2 Å². The highest BCUT2D eigenvalue weighted by atomic mass is 32.2. The van der Waals surface area contributed by atoms with Gasteiger partial charge in [0.25, 0.3) is 15.9 Å². The quantitative estimate of drug-likeness (QED) is 0.472. The molecule has 1 amide bonds. The number of rotatable bonds is 10. The van der Waals surface area contributed by atoms with Crippen molar-refractivity contribution in [2.45, 2.75) is 11.0 Å². The lowest BCUT2D eigenvalue weighted by molar-refractivity contribution is 0.0843. The van der Waals surface area contributed by atoms with Gasteiger partial charge in [-0.1, -0.05) is 24.3 Å². The van der Waals surface area contributed by atoms with Crippen molar-refractivity contribution in [2.24, 2.45) is 0 Å². The van der Waals surface area contributed by atoms with E-state index < -0.39 is 22.0 Å². The van der Waals surface area contributed by atoms with Gasteiger partial charge in [0.15, 0.2) is 0 Å². The zero-order valence-corrected chi connectivity index (χ0v) is 19.2. The van der Waals surface area contributed by atoms with Crippen LogP contribution in [0.2, 0.25) is 0 Å². The first-order valence-corrected chi connectivity index (χ1v) is 11.6. The summed E-state index contributed by atoms with van der Waals surface area (Å²) in [7, 11) is -0.928. The molecule has 9 heteroatoms. The number of aliphatic hydroxyl groups is 1. The molecular formula is C24H26N2O6S. The molecule has 0 bridgehead atoms. The molecule has 0 aliphatic heterocycles. The van der Waals surface area contributed by atoms with E-state index in [2.05, 4.69) is 5.32 Å². The Morgan fingerprint density at radius 2 is 1.70 bits per heavy atom. The molecule has 0 fully saturated rings. The number of anilines is 1. The lowest BCUT2D eigenvalue weighted by atomic mass is 10.2. The number of aliphatic hydroxyl groups excluding tert-OH is 1. The molecule has 2 N–H and O–H groups in total. The number of nitrogens with one attached hydrogen (secondary N) is 1. The molecule has 3 aromatic rings. The van der Waals surface area contributed by atoms with E-state index in [1.54, 1.807) is 36.4 Å². The number of ether oxygens (including phenoxy) is 2. The van der Waals surface area contributed by atoms with Gasteiger partial charge >= 0.3 is 0 Å². The fraction of sp³-hybridized carbons (Fsp3) is 0.208. The summed E-state index contributed by atoms with van der Waals surface area (Å²) >= 11 is 0. The molecule has 0 aliphatic carbocycles. The molecule has 1 atom stereocenters. The molecule has 33 heavy (non-hydrogen) atoms. The number of carbonyl (C=O) groups is 1. The van der Waals surface area contributed by atoms with Crippen LogP contribution in [0.4, 0.5) is 5.69 Å². The third kappa shape index (κ3) is 6.24. The minimum Gasteiger partial charge on any atom is -0.497 e. The lowest BCUT2D eigenvalue weighted by Crippen LogP contribution is -2.35. The van der Waals surface area contributed by atoms with Crippen molar-refractivity contribution in [3.05, 3.63) is 84.4 Å². The van der Waals surface area contributed by atoms with Crippen LogP contribution in [0.25, 0.3) is 0 Å². The van der Waals surface area contributed by atoms with Crippen LogP contribution in [0, 0.1) is 0 Å². The molecule has 0 spiro atoms. The summed E-state index contributed by atoms with van der Waals surface area (Å²) in [6.07, 6.45) is -0.928. The molecule has 1 unspecified atom stereocenters. The van der Waals surface area contributed by atoms with Gasteiger partial charge in [0.05, 0.1) is 17.7 Å². The maximum absolute atomic E-state index is 13.1. The fourth-order valence-electron chi connectivity index (χ4n) is 2.97. The summed E-state index contributed by atoms with van der Waals surface area (Å²) in [4.78, 5) is 12.5. The average Bonchev–Trinajstić information content (AvgIpc) is 2.86. The number of para-hydroxylation sites is 1. The van der Waals surface area contributed by atoms with Gasteiger partial charge in [0.2, 0.25) is 0 Å². The molecule has 8 nitrogen and oxygen atoms in total. The standard InChI is InChI=1S/C24H26N2O6S/c1-26(19-11-13-21(31-2)14-12-19)33(29,30)23-10-6-7-18(15-23)24(28)25-16-20(27)17-32-22-8-4-3-5-9-22/h3-15,20,27H,16-17H2,1-2H3,(H,25,28). The van der Waals surface area contributed by atoms with Crippen molar-refractivity contribution in [1.82, 2.24) is 5.32 Å². The largest absolute Gasteiger partial charge is 0.497 e. The molecule has 174 valence electrons. The van der Waals surface area contributed by atoms with Crippen LogP contribution in [-0.4, -0.2) is 52.8 Å². The van der Waals surface area contributed by atoms with E-state index in [1.807, 2.05) is 18.2 Å². The number of nitrogens with zero attached hydrogens (tertiary/aromatic N) is 1. The molecule has 3 rings (SSSR count). The van der Waals surface area contributed by atoms with Crippen molar-refractivity contribution in [3.8, 4) is 11.5 Å². The van der Waals surface area contributed by atoms with Crippen molar-refractivity contribution in [3.63, 3.8) is 0 Å². The Morgan fingerprint density at radius 1 is 1.00 bits per heavy atom. The topological polar surface area (TPSA) is 105 Å². The van der Waals surface area contributed by atoms with Crippen LogP contribution in [-0.2, 0) is 10.0 Å². The second-order valence-corrected chi connectivity index (χ2v) is 9.16. The molecular weight excluding hydrogens is 444 g/mol. The maximum Gasteiger partial charge on any atom is 0.264 e. The SMILES string of the molecule is COc1ccc(N(C)S(=O)(=O)c2cccc(C(=O)NCC(O)COc3ccccc3)c2)cc1. The second kappa shape index (κ2) is 10.8. The Labute approximate surface area is 193 Å². The van der Waals surface area contributed by atoms with E-state index in [1.165, 1.54) is 38.4 Å². The lowest BCUT2D eigenvalue weighted by Gasteiger charge is -2.20. The molecule has 0 aliphatic rings. The normalized spacial score (nSPS) is 12.0. The highest BCUT2D eigenvalue weighted by molar-refractivity contribution is 7.92. The maximum atomic E-state index is 13.1. The molecule has 0 saturated heterocycles. The highest BCUT2D eigenvalue weighted by Gasteiger charge is 2.22. The number of benzene rings is 3. The van der Waals surface area contributed by atoms with Crippen LogP contribution in [0.5, 0.6) is 11.5 Å². The molecule has 0 radical (unpaired) electrons. The minimum absolute atomic E-state index is 0.00533. The number of carbonyl (C=O) groups excluding carboxylic acids is 1. The van der Waals surface area contributed by atoms with Gasteiger partial charge in [-0.15, -0.1) is 0 Å². The Kier molecular flexibility index (Phi) is 7.92. The Balaban J connectivity index is 1.63. The van der Waals surface area contributed by atoms with E-state index >= 15 is 0 Å². The molecule has 0 aromatic heterocycles. The van der Waals surface area contributed by atoms with Gasteiger partial charge in [0, 0.05) is 19.2 Å². The van der Waals surface area contributed by atoms with E-state index in [9.17, 15) is 18.3 Å².